The zero-order chi connectivity index (χ0) is 9.47. The fourth-order valence-electron chi connectivity index (χ4n) is 1.72. The second kappa shape index (κ2) is 2.77. The molecule has 0 amide bonds. The minimum Gasteiger partial charge on any atom is -0.321 e. The molecule has 0 atom stereocenters. The fourth-order valence-corrected chi connectivity index (χ4v) is 1.72. The Hall–Kier alpha value is -0.960. The maximum absolute atomic E-state index is 13.3. The molecule has 0 unspecified atom stereocenters. The van der Waals surface area contributed by atoms with Gasteiger partial charge in [-0.05, 0) is 25.3 Å². The number of benzene rings is 1. The Balaban J connectivity index is 2.45. The Labute approximate surface area is 75.6 Å². The molecule has 70 valence electrons. The van der Waals surface area contributed by atoms with Crippen LogP contribution in [0, 0.1) is 11.6 Å². The third-order valence-corrected chi connectivity index (χ3v) is 2.73. The quantitative estimate of drug-likeness (QED) is 0.710. The highest BCUT2D eigenvalue weighted by Gasteiger charge is 2.37. The Morgan fingerprint density at radius 2 is 1.92 bits per heavy atom. The third kappa shape index (κ3) is 1.23. The van der Waals surface area contributed by atoms with Gasteiger partial charge in [-0.3, -0.25) is 0 Å². The predicted molar refractivity (Wildman–Crippen MR) is 46.1 cm³/mol. The molecule has 3 heteroatoms. The van der Waals surface area contributed by atoms with Crippen LogP contribution in [0.1, 0.15) is 24.8 Å². The molecule has 0 aliphatic heterocycles. The topological polar surface area (TPSA) is 26.0 Å². The molecule has 1 aliphatic carbocycles. The summed E-state index contributed by atoms with van der Waals surface area (Å²) in [4.78, 5) is 0. The lowest BCUT2D eigenvalue weighted by Gasteiger charge is -2.38. The molecule has 1 aromatic rings. The molecule has 0 heterocycles. The van der Waals surface area contributed by atoms with E-state index in [2.05, 4.69) is 0 Å². The molecule has 1 aliphatic rings. The van der Waals surface area contributed by atoms with Crippen LogP contribution < -0.4 is 5.73 Å². The molecule has 0 bridgehead atoms. The number of halogens is 2. The third-order valence-electron chi connectivity index (χ3n) is 2.73. The van der Waals surface area contributed by atoms with Gasteiger partial charge >= 0.3 is 0 Å². The van der Waals surface area contributed by atoms with Gasteiger partial charge in [0, 0.05) is 11.1 Å². The minimum atomic E-state index is -0.811. The number of hydrogen-bond acceptors (Lipinski definition) is 1. The fraction of sp³-hybridized carbons (Fsp3) is 0.400. The molecule has 13 heavy (non-hydrogen) atoms. The Bertz CT molecular complexity index is 332. The normalized spacial score (nSPS) is 19.6. The first kappa shape index (κ1) is 8.63. The van der Waals surface area contributed by atoms with Crippen LogP contribution in [-0.4, -0.2) is 0 Å². The lowest BCUT2D eigenvalue weighted by molar-refractivity contribution is 0.242. The minimum absolute atomic E-state index is 0.318. The van der Waals surface area contributed by atoms with Crippen molar-refractivity contribution in [2.24, 2.45) is 5.73 Å². The molecule has 0 radical (unpaired) electrons. The highest BCUT2D eigenvalue weighted by Crippen LogP contribution is 2.39. The van der Waals surface area contributed by atoms with E-state index >= 15 is 0 Å². The number of rotatable bonds is 1. The van der Waals surface area contributed by atoms with Crippen LogP contribution in [0.25, 0.3) is 0 Å². The van der Waals surface area contributed by atoms with Crippen LogP contribution in [0.4, 0.5) is 8.78 Å². The first-order valence-electron chi connectivity index (χ1n) is 4.37. The van der Waals surface area contributed by atoms with E-state index in [0.29, 0.717) is 5.56 Å². The van der Waals surface area contributed by atoms with E-state index in [9.17, 15) is 8.78 Å². The van der Waals surface area contributed by atoms with Crippen molar-refractivity contribution < 1.29 is 8.78 Å². The van der Waals surface area contributed by atoms with Gasteiger partial charge in [0.2, 0.25) is 0 Å². The monoisotopic (exact) mass is 183 g/mol. The van der Waals surface area contributed by atoms with Gasteiger partial charge < -0.3 is 5.73 Å². The van der Waals surface area contributed by atoms with Crippen LogP contribution in [-0.2, 0) is 5.54 Å². The van der Waals surface area contributed by atoms with Crippen LogP contribution in [0.5, 0.6) is 0 Å². The van der Waals surface area contributed by atoms with Crippen LogP contribution in [0.15, 0.2) is 18.2 Å². The summed E-state index contributed by atoms with van der Waals surface area (Å²) in [5.41, 5.74) is 5.59. The highest BCUT2D eigenvalue weighted by molar-refractivity contribution is 5.28. The molecule has 0 aromatic heterocycles. The molecule has 1 nitrogen and oxygen atoms in total. The average molecular weight is 183 g/mol. The predicted octanol–water partition coefficient (Wildman–Crippen LogP) is 2.30. The number of nitrogens with two attached hydrogens (primary N) is 1. The van der Waals surface area contributed by atoms with Crippen molar-refractivity contribution in [3.63, 3.8) is 0 Å². The van der Waals surface area contributed by atoms with Gasteiger partial charge in [0.1, 0.15) is 0 Å². The lowest BCUT2D eigenvalue weighted by atomic mass is 9.72. The van der Waals surface area contributed by atoms with Gasteiger partial charge in [0.25, 0.3) is 0 Å². The second-order valence-electron chi connectivity index (χ2n) is 3.61. The summed E-state index contributed by atoms with van der Waals surface area (Å²) in [7, 11) is 0. The summed E-state index contributed by atoms with van der Waals surface area (Å²) in [6.45, 7) is 0. The molecule has 1 aromatic carbocycles. The Morgan fingerprint density at radius 3 is 2.46 bits per heavy atom. The zero-order valence-electron chi connectivity index (χ0n) is 7.19. The van der Waals surface area contributed by atoms with Crippen LogP contribution in [0.3, 0.4) is 0 Å². The van der Waals surface area contributed by atoms with Crippen molar-refractivity contribution in [2.45, 2.75) is 24.8 Å². The molecule has 0 spiro atoms. The van der Waals surface area contributed by atoms with Crippen LogP contribution >= 0.6 is 0 Å². The second-order valence-corrected chi connectivity index (χ2v) is 3.61. The van der Waals surface area contributed by atoms with Crippen molar-refractivity contribution in [1.29, 1.82) is 0 Å². The molecular formula is C10H11F2N. The summed E-state index contributed by atoms with van der Waals surface area (Å²) in [5.74, 6) is -1.60. The number of hydrogen-bond donors (Lipinski definition) is 1. The van der Waals surface area contributed by atoms with Gasteiger partial charge in [-0.1, -0.05) is 12.1 Å². The SMILES string of the molecule is NC1(c2cccc(F)c2F)CCC1. The van der Waals surface area contributed by atoms with E-state index in [1.807, 2.05) is 0 Å². The summed E-state index contributed by atoms with van der Waals surface area (Å²) in [6, 6.07) is 4.18. The van der Waals surface area contributed by atoms with Gasteiger partial charge in [-0.15, -0.1) is 0 Å². The molecule has 1 fully saturated rings. The molecule has 2 rings (SSSR count). The Kier molecular flexibility index (Phi) is 1.84. The van der Waals surface area contributed by atoms with Crippen molar-refractivity contribution >= 4 is 0 Å². The van der Waals surface area contributed by atoms with E-state index in [-0.39, 0.29) is 0 Å². The molecule has 2 N–H and O–H groups in total. The summed E-state index contributed by atoms with van der Waals surface area (Å²) >= 11 is 0. The summed E-state index contributed by atoms with van der Waals surface area (Å²) < 4.78 is 26.1. The maximum Gasteiger partial charge on any atom is 0.163 e. The maximum atomic E-state index is 13.3. The molecule has 1 saturated carbocycles. The zero-order valence-corrected chi connectivity index (χ0v) is 7.19. The Morgan fingerprint density at radius 1 is 1.23 bits per heavy atom. The highest BCUT2D eigenvalue weighted by atomic mass is 19.2. The smallest absolute Gasteiger partial charge is 0.163 e. The molecular weight excluding hydrogens is 172 g/mol. The van der Waals surface area contributed by atoms with Gasteiger partial charge in [-0.25, -0.2) is 8.78 Å². The van der Waals surface area contributed by atoms with E-state index in [4.69, 9.17) is 5.73 Å². The van der Waals surface area contributed by atoms with E-state index in [0.717, 1.165) is 25.3 Å². The van der Waals surface area contributed by atoms with E-state index in [1.165, 1.54) is 6.07 Å². The van der Waals surface area contributed by atoms with Gasteiger partial charge in [-0.2, -0.15) is 0 Å². The van der Waals surface area contributed by atoms with Crippen molar-refractivity contribution in [3.8, 4) is 0 Å². The largest absolute Gasteiger partial charge is 0.321 e. The van der Waals surface area contributed by atoms with Gasteiger partial charge in [0.15, 0.2) is 11.6 Å². The van der Waals surface area contributed by atoms with E-state index < -0.39 is 17.2 Å². The van der Waals surface area contributed by atoms with Crippen molar-refractivity contribution in [3.05, 3.63) is 35.4 Å². The average Bonchev–Trinajstić information content (AvgIpc) is 2.06. The molecule has 0 saturated heterocycles. The first-order valence-corrected chi connectivity index (χ1v) is 4.37. The van der Waals surface area contributed by atoms with Crippen molar-refractivity contribution in [1.82, 2.24) is 0 Å². The standard InChI is InChI=1S/C10H11F2N/c11-8-4-1-3-7(9(8)12)10(13)5-2-6-10/h1,3-4H,2,5-6,13H2. The summed E-state index contributed by atoms with van der Waals surface area (Å²) in [5, 5.41) is 0. The van der Waals surface area contributed by atoms with Crippen molar-refractivity contribution in [2.75, 3.05) is 0 Å². The summed E-state index contributed by atoms with van der Waals surface area (Å²) in [6.07, 6.45) is 2.48. The lowest BCUT2D eigenvalue weighted by Crippen LogP contribution is -2.44. The van der Waals surface area contributed by atoms with E-state index in [1.54, 1.807) is 6.07 Å². The van der Waals surface area contributed by atoms with Crippen LogP contribution in [0.2, 0.25) is 0 Å². The first-order chi connectivity index (χ1) is 6.13. The van der Waals surface area contributed by atoms with Gasteiger partial charge in [0.05, 0.1) is 0 Å².